The van der Waals surface area contributed by atoms with Gasteiger partial charge >= 0.3 is 6.18 Å². The molecule has 48 heavy (non-hydrogen) atoms. The average molecular weight is 721 g/mol. The molecule has 3 aromatic heterocycles. The van der Waals surface area contributed by atoms with Crippen LogP contribution < -0.4 is 14.4 Å². The Hall–Kier alpha value is -3.30. The van der Waals surface area contributed by atoms with Crippen molar-refractivity contribution in [2.45, 2.75) is 75.2 Å². The number of ether oxygens (including phenoxy) is 1. The second kappa shape index (κ2) is 14.7. The number of aryl methyl sites for hydroxylation is 1. The largest absolute Gasteiger partial charge is 0.476 e. The number of nitrogens with zero attached hydrogens (tertiary/aromatic N) is 5. The van der Waals surface area contributed by atoms with Crippen LogP contribution in [0.4, 0.5) is 24.1 Å². The highest BCUT2D eigenvalue weighted by Crippen LogP contribution is 2.39. The zero-order valence-corrected chi connectivity index (χ0v) is 29.3. The first-order valence-corrected chi connectivity index (χ1v) is 19.5. The number of hydrogen-bond acceptors (Lipinski definition) is 8. The van der Waals surface area contributed by atoms with Crippen LogP contribution in [0.25, 0.3) is 16.3 Å². The third kappa shape index (κ3) is 7.94. The summed E-state index contributed by atoms with van der Waals surface area (Å²) in [6.07, 6.45) is 3.90. The van der Waals surface area contributed by atoms with E-state index >= 15 is 0 Å². The third-order valence-corrected chi connectivity index (χ3v) is 12.6. The first kappa shape index (κ1) is 34.6. The van der Waals surface area contributed by atoms with Crippen LogP contribution in [0.5, 0.6) is 5.88 Å². The summed E-state index contributed by atoms with van der Waals surface area (Å²) < 4.78 is 76.6. The molecule has 6 rings (SSSR count). The normalized spacial score (nSPS) is 20.9. The Morgan fingerprint density at radius 2 is 1.81 bits per heavy atom. The molecule has 2 aliphatic rings. The summed E-state index contributed by atoms with van der Waals surface area (Å²) in [5.41, 5.74) is 0.571. The molecule has 2 aliphatic heterocycles. The zero-order valence-electron chi connectivity index (χ0n) is 26.9. The van der Waals surface area contributed by atoms with Crippen LogP contribution in [0, 0.1) is 5.41 Å². The van der Waals surface area contributed by atoms with E-state index in [1.165, 1.54) is 22.1 Å². The van der Waals surface area contributed by atoms with E-state index in [0.717, 1.165) is 82.2 Å². The molecule has 1 aromatic carbocycles. The molecule has 3 unspecified atom stereocenters. The van der Waals surface area contributed by atoms with E-state index in [1.54, 1.807) is 12.3 Å². The Kier molecular flexibility index (Phi) is 10.6. The van der Waals surface area contributed by atoms with Gasteiger partial charge in [0, 0.05) is 47.5 Å². The van der Waals surface area contributed by atoms with Crippen LogP contribution in [0.3, 0.4) is 0 Å². The van der Waals surface area contributed by atoms with Gasteiger partial charge in [-0.3, -0.25) is 8.93 Å². The predicted molar refractivity (Wildman–Crippen MR) is 185 cm³/mol. The predicted octanol–water partition coefficient (Wildman–Crippen LogP) is 7.33. The molecule has 3 atom stereocenters. The van der Waals surface area contributed by atoms with Gasteiger partial charge in [-0.1, -0.05) is 54.5 Å². The Morgan fingerprint density at radius 3 is 2.60 bits per heavy atom. The molecule has 5 heterocycles. The fourth-order valence-electron chi connectivity index (χ4n) is 5.75. The second-order valence-corrected chi connectivity index (χ2v) is 16.7. The molecule has 4 bridgehead atoms. The van der Waals surface area contributed by atoms with Gasteiger partial charge in [-0.25, -0.2) is 18.9 Å². The maximum absolute atomic E-state index is 13.7. The number of halogens is 3. The number of hydrogen-bond donors (Lipinski definition) is 1. The van der Waals surface area contributed by atoms with E-state index in [4.69, 9.17) is 14.7 Å². The zero-order chi connectivity index (χ0) is 33.9. The smallest absolute Gasteiger partial charge is 0.397 e. The Labute approximate surface area is 287 Å². The summed E-state index contributed by atoms with van der Waals surface area (Å²) >= 11 is 1.23. The molecule has 4 aromatic rings. The molecular formula is C33H39F3N6O3S3. The van der Waals surface area contributed by atoms with Crippen LogP contribution in [-0.2, 0) is 28.2 Å². The lowest BCUT2D eigenvalue weighted by molar-refractivity contribution is -0.219. The van der Waals surface area contributed by atoms with Crippen molar-refractivity contribution in [3.05, 3.63) is 60.3 Å². The molecule has 0 radical (unpaired) electrons. The SMILES string of the molecule is CC(C)(COc1ccn(-c2sc3nc2-c2ccccc2CCCCCCN(CC2CCCS2=O)c2cccc(n2)S(=O)N3)n1)C(F)(F)F. The quantitative estimate of drug-likeness (QED) is 0.223. The van der Waals surface area contributed by atoms with E-state index in [2.05, 4.69) is 20.8 Å². The van der Waals surface area contributed by atoms with Crippen LogP contribution >= 0.6 is 11.3 Å². The van der Waals surface area contributed by atoms with Crippen molar-refractivity contribution in [2.24, 2.45) is 5.41 Å². The standard InChI is InChI=1S/C33H39F3N6O3S3/c1-32(2,33(34,35)36)22-45-27-17-19-42(39-27)30-29-25-14-7-6-12-23(25)11-5-3-4-8-18-41(21-24-13-10-20-47(24)43)26-15-9-16-28(37-26)48(44)40-31(38-29)46-30/h6-7,9,12,14-17,19,24H,3-5,8,10-11,13,18,20-22H2,1-2H3,(H,38,40). The van der Waals surface area contributed by atoms with Gasteiger partial charge in [-0.05, 0) is 63.6 Å². The molecule has 9 nitrogen and oxygen atoms in total. The van der Waals surface area contributed by atoms with Gasteiger partial charge in [0.25, 0.3) is 0 Å². The number of fused-ring (bicyclic) bond motifs is 6. The maximum atomic E-state index is 13.7. The highest BCUT2D eigenvalue weighted by atomic mass is 32.2. The Balaban J connectivity index is 1.33. The lowest BCUT2D eigenvalue weighted by Crippen LogP contribution is -2.37. The number of alkyl halides is 3. The van der Waals surface area contributed by atoms with Gasteiger partial charge in [-0.2, -0.15) is 13.2 Å². The van der Waals surface area contributed by atoms with E-state index < -0.39 is 40.0 Å². The minimum absolute atomic E-state index is 0.0551. The molecule has 0 amide bonds. The molecule has 1 saturated heterocycles. The number of pyridine rings is 1. The fraction of sp³-hybridized carbons (Fsp3) is 0.485. The summed E-state index contributed by atoms with van der Waals surface area (Å²) in [4.78, 5) is 11.8. The molecule has 0 saturated carbocycles. The van der Waals surface area contributed by atoms with Crippen molar-refractivity contribution in [2.75, 3.05) is 35.1 Å². The van der Waals surface area contributed by atoms with Crippen molar-refractivity contribution in [3.8, 4) is 22.1 Å². The van der Waals surface area contributed by atoms with Crippen molar-refractivity contribution in [1.82, 2.24) is 19.7 Å². The number of rotatable bonds is 6. The Bertz CT molecular complexity index is 1780. The summed E-state index contributed by atoms with van der Waals surface area (Å²) in [6.45, 7) is 3.02. The molecular weight excluding hydrogens is 682 g/mol. The number of anilines is 2. The first-order chi connectivity index (χ1) is 23.0. The topological polar surface area (TPSA) is 102 Å². The van der Waals surface area contributed by atoms with Gasteiger partial charge in [-0.15, -0.1) is 5.10 Å². The minimum Gasteiger partial charge on any atom is -0.476 e. The van der Waals surface area contributed by atoms with Gasteiger partial charge < -0.3 is 9.64 Å². The highest BCUT2D eigenvalue weighted by Gasteiger charge is 2.48. The number of benzene rings is 1. The van der Waals surface area contributed by atoms with Crippen molar-refractivity contribution in [1.29, 1.82) is 0 Å². The minimum atomic E-state index is -4.43. The summed E-state index contributed by atoms with van der Waals surface area (Å²) in [5, 5.41) is 5.87. The van der Waals surface area contributed by atoms with E-state index in [0.29, 0.717) is 33.2 Å². The fourth-order valence-corrected chi connectivity index (χ4v) is 9.16. The molecule has 0 spiro atoms. The summed E-state index contributed by atoms with van der Waals surface area (Å²) in [6, 6.07) is 15.0. The van der Waals surface area contributed by atoms with E-state index in [1.807, 2.05) is 30.3 Å². The monoisotopic (exact) mass is 720 g/mol. The third-order valence-electron chi connectivity index (χ3n) is 8.70. The van der Waals surface area contributed by atoms with E-state index in [9.17, 15) is 21.6 Å². The van der Waals surface area contributed by atoms with Crippen LogP contribution in [-0.4, -0.2) is 65.0 Å². The number of nitrogens with one attached hydrogen (secondary N) is 1. The van der Waals surface area contributed by atoms with Crippen LogP contribution in [0.2, 0.25) is 0 Å². The molecule has 1 N–H and O–H groups in total. The summed E-state index contributed by atoms with van der Waals surface area (Å²) in [7, 11) is -2.61. The van der Waals surface area contributed by atoms with Crippen molar-refractivity contribution >= 4 is 44.1 Å². The van der Waals surface area contributed by atoms with Crippen LogP contribution in [0.15, 0.2) is 59.8 Å². The van der Waals surface area contributed by atoms with Crippen LogP contribution in [0.1, 0.15) is 57.9 Å². The van der Waals surface area contributed by atoms with Crippen molar-refractivity contribution in [3.63, 3.8) is 0 Å². The maximum Gasteiger partial charge on any atom is 0.397 e. The van der Waals surface area contributed by atoms with Gasteiger partial charge in [0.15, 0.2) is 21.1 Å². The lowest BCUT2D eigenvalue weighted by Gasteiger charge is -2.26. The second-order valence-electron chi connectivity index (χ2n) is 12.8. The van der Waals surface area contributed by atoms with Crippen molar-refractivity contribution < 1.29 is 26.3 Å². The number of aromatic nitrogens is 4. The molecule has 0 aliphatic carbocycles. The Morgan fingerprint density at radius 1 is 1.00 bits per heavy atom. The first-order valence-electron chi connectivity index (χ1n) is 16.1. The van der Waals surface area contributed by atoms with E-state index in [-0.39, 0.29) is 11.1 Å². The molecule has 1 fully saturated rings. The number of thiazole rings is 1. The average Bonchev–Trinajstić information content (AvgIpc) is 3.80. The highest BCUT2D eigenvalue weighted by molar-refractivity contribution is 7.86. The van der Waals surface area contributed by atoms with Gasteiger partial charge in [0.05, 0.1) is 10.7 Å². The lowest BCUT2D eigenvalue weighted by atomic mass is 9.94. The summed E-state index contributed by atoms with van der Waals surface area (Å²) in [5.74, 6) is 1.50. The molecule has 258 valence electrons. The van der Waals surface area contributed by atoms with Gasteiger partial charge in [0.1, 0.15) is 23.1 Å². The molecule has 15 heteroatoms. The van der Waals surface area contributed by atoms with Gasteiger partial charge in [0.2, 0.25) is 5.88 Å².